The minimum atomic E-state index is -1.13. The molecule has 0 unspecified atom stereocenters. The zero-order chi connectivity index (χ0) is 17.7. The van der Waals surface area contributed by atoms with Gasteiger partial charge in [0, 0.05) is 9.79 Å². The summed E-state index contributed by atoms with van der Waals surface area (Å²) in [5.74, 6) is -2.66. The van der Waals surface area contributed by atoms with Crippen LogP contribution in [0.25, 0.3) is 0 Å². The molecule has 0 bridgehead atoms. The molecule has 0 spiro atoms. The number of rotatable bonds is 6. The topological polar surface area (TPSA) is 101 Å². The molecule has 7 heteroatoms. The summed E-state index contributed by atoms with van der Waals surface area (Å²) in [6.07, 6.45) is -0.0638. The van der Waals surface area contributed by atoms with Crippen molar-refractivity contribution >= 4 is 29.7 Å². The molecular formula is C17H14O6S. The van der Waals surface area contributed by atoms with Gasteiger partial charge in [0.05, 0.1) is 24.7 Å². The summed E-state index contributed by atoms with van der Waals surface area (Å²) in [7, 11) is 1.23. The Morgan fingerprint density at radius 2 is 1.71 bits per heavy atom. The number of carbonyl (C=O) groups excluding carboxylic acids is 1. The highest BCUT2D eigenvalue weighted by Crippen LogP contribution is 2.31. The Morgan fingerprint density at radius 1 is 1.04 bits per heavy atom. The van der Waals surface area contributed by atoms with Gasteiger partial charge < -0.3 is 14.9 Å². The van der Waals surface area contributed by atoms with Gasteiger partial charge in [-0.3, -0.25) is 4.79 Å². The third-order valence-corrected chi connectivity index (χ3v) is 4.22. The second-order valence-corrected chi connectivity index (χ2v) is 5.94. The first kappa shape index (κ1) is 17.6. The Bertz CT molecular complexity index is 782. The van der Waals surface area contributed by atoms with Gasteiger partial charge in [0.1, 0.15) is 0 Å². The Morgan fingerprint density at radius 3 is 2.25 bits per heavy atom. The van der Waals surface area contributed by atoms with E-state index in [4.69, 9.17) is 14.9 Å². The lowest BCUT2D eigenvalue weighted by atomic mass is 10.1. The van der Waals surface area contributed by atoms with Crippen molar-refractivity contribution in [2.75, 3.05) is 7.11 Å². The van der Waals surface area contributed by atoms with Crippen LogP contribution in [0.4, 0.5) is 0 Å². The molecule has 124 valence electrons. The Balaban J connectivity index is 2.29. The summed E-state index contributed by atoms with van der Waals surface area (Å²) in [5, 5.41) is 17.8. The number of aromatic carboxylic acids is 1. The third kappa shape index (κ3) is 4.36. The minimum Gasteiger partial charge on any atom is -0.481 e. The van der Waals surface area contributed by atoms with Crippen molar-refractivity contribution in [3.05, 3.63) is 59.2 Å². The van der Waals surface area contributed by atoms with Crippen molar-refractivity contribution < 1.29 is 29.3 Å². The van der Waals surface area contributed by atoms with Crippen molar-refractivity contribution in [3.63, 3.8) is 0 Å². The first-order valence-corrected chi connectivity index (χ1v) is 7.66. The molecule has 0 aromatic heterocycles. The number of methoxy groups -OCH3 is 1. The highest BCUT2D eigenvalue weighted by Gasteiger charge is 2.16. The molecule has 0 amide bonds. The monoisotopic (exact) mass is 346 g/mol. The van der Waals surface area contributed by atoms with Crippen molar-refractivity contribution in [2.45, 2.75) is 16.2 Å². The van der Waals surface area contributed by atoms with Crippen LogP contribution in [0.15, 0.2) is 52.3 Å². The fourth-order valence-electron chi connectivity index (χ4n) is 2.00. The second-order valence-electron chi connectivity index (χ2n) is 4.82. The first-order valence-electron chi connectivity index (χ1n) is 6.85. The van der Waals surface area contributed by atoms with Crippen LogP contribution in [0.3, 0.4) is 0 Å². The third-order valence-electron chi connectivity index (χ3n) is 3.14. The fraction of sp³-hybridized carbons (Fsp3) is 0.118. The smallest absolute Gasteiger partial charge is 0.339 e. The summed E-state index contributed by atoms with van der Waals surface area (Å²) in [5.41, 5.74) is 0.829. The lowest BCUT2D eigenvalue weighted by Gasteiger charge is -2.09. The number of carboxylic acid groups (broad SMARTS) is 2. The Kier molecular flexibility index (Phi) is 5.59. The maximum Gasteiger partial charge on any atom is 0.339 e. The van der Waals surface area contributed by atoms with Gasteiger partial charge >= 0.3 is 17.9 Å². The van der Waals surface area contributed by atoms with Crippen LogP contribution in [-0.2, 0) is 16.0 Å². The van der Waals surface area contributed by atoms with E-state index in [2.05, 4.69) is 0 Å². The van der Waals surface area contributed by atoms with Crippen LogP contribution in [0.1, 0.15) is 26.3 Å². The van der Waals surface area contributed by atoms with E-state index in [1.165, 1.54) is 31.0 Å². The molecule has 2 rings (SSSR count). The van der Waals surface area contributed by atoms with Gasteiger partial charge in [-0.2, -0.15) is 0 Å². The van der Waals surface area contributed by atoms with Gasteiger partial charge in [-0.25, -0.2) is 9.59 Å². The van der Waals surface area contributed by atoms with Gasteiger partial charge in [-0.05, 0) is 35.9 Å². The number of ether oxygens (including phenoxy) is 1. The van der Waals surface area contributed by atoms with E-state index >= 15 is 0 Å². The van der Waals surface area contributed by atoms with Crippen LogP contribution in [0.5, 0.6) is 0 Å². The van der Waals surface area contributed by atoms with Crippen molar-refractivity contribution in [1.29, 1.82) is 0 Å². The highest BCUT2D eigenvalue weighted by molar-refractivity contribution is 7.99. The molecule has 0 radical (unpaired) electrons. The van der Waals surface area contributed by atoms with E-state index in [0.717, 1.165) is 4.90 Å². The highest BCUT2D eigenvalue weighted by atomic mass is 32.2. The normalized spacial score (nSPS) is 10.2. The molecule has 0 heterocycles. The molecule has 2 aromatic carbocycles. The number of benzene rings is 2. The van der Waals surface area contributed by atoms with Crippen molar-refractivity contribution in [2.24, 2.45) is 0 Å². The zero-order valence-electron chi connectivity index (χ0n) is 12.7. The number of esters is 1. The SMILES string of the molecule is COC(=O)c1cc(C(=O)O)ccc1Sc1ccc(CC(=O)O)cc1. The Labute approximate surface area is 142 Å². The van der Waals surface area contributed by atoms with E-state index in [-0.39, 0.29) is 17.5 Å². The molecule has 2 N–H and O–H groups in total. The van der Waals surface area contributed by atoms with Gasteiger partial charge in [0.2, 0.25) is 0 Å². The van der Waals surface area contributed by atoms with Crippen LogP contribution >= 0.6 is 11.8 Å². The second kappa shape index (κ2) is 7.65. The molecule has 0 aliphatic heterocycles. The number of hydrogen-bond donors (Lipinski definition) is 2. The van der Waals surface area contributed by atoms with Crippen molar-refractivity contribution in [3.8, 4) is 0 Å². The molecule has 0 saturated carbocycles. The quantitative estimate of drug-likeness (QED) is 0.775. The van der Waals surface area contributed by atoms with Gasteiger partial charge in [-0.1, -0.05) is 23.9 Å². The number of hydrogen-bond acceptors (Lipinski definition) is 5. The maximum absolute atomic E-state index is 11.9. The predicted octanol–water partition coefficient (Wildman–Crippen LogP) is 2.95. The summed E-state index contributed by atoms with van der Waals surface area (Å²) < 4.78 is 4.70. The molecule has 0 atom stereocenters. The molecule has 2 aromatic rings. The predicted molar refractivity (Wildman–Crippen MR) is 86.6 cm³/mol. The first-order chi connectivity index (χ1) is 11.4. The Hall–Kier alpha value is -2.80. The average molecular weight is 346 g/mol. The van der Waals surface area contributed by atoms with Crippen LogP contribution < -0.4 is 0 Å². The minimum absolute atomic E-state index is 0.00319. The van der Waals surface area contributed by atoms with Crippen LogP contribution in [0.2, 0.25) is 0 Å². The van der Waals surface area contributed by atoms with Gasteiger partial charge in [0.15, 0.2) is 0 Å². The van der Waals surface area contributed by atoms with E-state index in [0.29, 0.717) is 10.5 Å². The largest absolute Gasteiger partial charge is 0.481 e. The summed E-state index contributed by atoms with van der Waals surface area (Å²) >= 11 is 1.26. The number of carbonyl (C=O) groups is 3. The van der Waals surface area contributed by atoms with Crippen LogP contribution in [0, 0.1) is 0 Å². The van der Waals surface area contributed by atoms with Crippen LogP contribution in [-0.4, -0.2) is 35.2 Å². The van der Waals surface area contributed by atoms with E-state index in [1.807, 2.05) is 0 Å². The van der Waals surface area contributed by atoms with E-state index in [1.54, 1.807) is 30.3 Å². The molecular weight excluding hydrogens is 332 g/mol. The summed E-state index contributed by atoms with van der Waals surface area (Å²) in [6.45, 7) is 0. The molecule has 0 fully saturated rings. The van der Waals surface area contributed by atoms with Gasteiger partial charge in [0.25, 0.3) is 0 Å². The molecule has 24 heavy (non-hydrogen) atoms. The van der Waals surface area contributed by atoms with E-state index < -0.39 is 17.9 Å². The van der Waals surface area contributed by atoms with Gasteiger partial charge in [-0.15, -0.1) is 0 Å². The standard InChI is InChI=1S/C17H14O6S/c1-23-17(22)13-9-11(16(20)21)4-7-14(13)24-12-5-2-10(3-6-12)8-15(18)19/h2-7,9H,8H2,1H3,(H,18,19)(H,20,21). The molecule has 6 nitrogen and oxygen atoms in total. The number of carboxylic acids is 2. The van der Waals surface area contributed by atoms with Crippen molar-refractivity contribution in [1.82, 2.24) is 0 Å². The molecule has 0 aliphatic rings. The molecule has 0 saturated heterocycles. The lowest BCUT2D eigenvalue weighted by molar-refractivity contribution is -0.136. The fourth-order valence-corrected chi connectivity index (χ4v) is 2.91. The molecule has 0 aliphatic carbocycles. The summed E-state index contributed by atoms with van der Waals surface area (Å²) in [4.78, 5) is 35.0. The summed E-state index contributed by atoms with van der Waals surface area (Å²) in [6, 6.07) is 11.1. The number of aliphatic carboxylic acids is 1. The lowest BCUT2D eigenvalue weighted by Crippen LogP contribution is -2.06. The average Bonchev–Trinajstić information content (AvgIpc) is 2.55. The van der Waals surface area contributed by atoms with E-state index in [9.17, 15) is 14.4 Å². The maximum atomic E-state index is 11.9. The zero-order valence-corrected chi connectivity index (χ0v) is 13.5.